The second-order valence-corrected chi connectivity index (χ2v) is 8.98. The molecule has 0 N–H and O–H groups in total. The number of hydrogen-bond acceptors (Lipinski definition) is 8. The molecule has 0 radical (unpaired) electrons. The van der Waals surface area contributed by atoms with E-state index >= 15 is 0 Å². The van der Waals surface area contributed by atoms with Crippen LogP contribution in [0.25, 0.3) is 11.0 Å². The van der Waals surface area contributed by atoms with Crippen LogP contribution in [0.3, 0.4) is 0 Å². The fraction of sp³-hybridized carbons (Fsp3) is 0.233. The minimum atomic E-state index is -0.699. The summed E-state index contributed by atoms with van der Waals surface area (Å²) < 4.78 is 27.3. The molecular formula is C30H27NO8. The van der Waals surface area contributed by atoms with E-state index in [1.165, 1.54) is 7.11 Å². The predicted octanol–water partition coefficient (Wildman–Crippen LogP) is 4.42. The van der Waals surface area contributed by atoms with Crippen LogP contribution in [-0.2, 0) is 11.2 Å². The maximum Gasteiger partial charge on any atom is 0.349 e. The lowest BCUT2D eigenvalue weighted by Crippen LogP contribution is -2.44. The third-order valence-corrected chi connectivity index (χ3v) is 6.82. The molecule has 0 unspecified atom stereocenters. The van der Waals surface area contributed by atoms with Crippen molar-refractivity contribution in [3.63, 3.8) is 0 Å². The van der Waals surface area contributed by atoms with E-state index in [1.807, 2.05) is 18.2 Å². The first kappa shape index (κ1) is 25.8. The van der Waals surface area contributed by atoms with Gasteiger partial charge in [-0.2, -0.15) is 0 Å². The SMILES string of the molecule is COC(=O)c1ccc(OC[C@H]2c3cc(OC)c(OC)cc3CCN2C(=O)c2cc3ccccc3oc2=O)cc1. The van der Waals surface area contributed by atoms with Crippen molar-refractivity contribution < 1.29 is 33.0 Å². The summed E-state index contributed by atoms with van der Waals surface area (Å²) in [6, 6.07) is 18.3. The number of esters is 1. The van der Waals surface area contributed by atoms with Gasteiger partial charge in [0.25, 0.3) is 5.91 Å². The highest BCUT2D eigenvalue weighted by Crippen LogP contribution is 2.39. The average Bonchev–Trinajstić information content (AvgIpc) is 2.98. The van der Waals surface area contributed by atoms with E-state index in [0.717, 1.165) is 11.1 Å². The van der Waals surface area contributed by atoms with Crippen LogP contribution in [0.1, 0.15) is 37.9 Å². The van der Waals surface area contributed by atoms with E-state index in [4.69, 9.17) is 23.4 Å². The normalized spacial score (nSPS) is 14.4. The average molecular weight is 530 g/mol. The molecule has 0 saturated heterocycles. The second-order valence-electron chi connectivity index (χ2n) is 8.98. The summed E-state index contributed by atoms with van der Waals surface area (Å²) >= 11 is 0. The zero-order valence-corrected chi connectivity index (χ0v) is 21.8. The van der Waals surface area contributed by atoms with Crippen molar-refractivity contribution in [2.45, 2.75) is 12.5 Å². The van der Waals surface area contributed by atoms with Gasteiger partial charge >= 0.3 is 11.6 Å². The van der Waals surface area contributed by atoms with Gasteiger partial charge in [-0.3, -0.25) is 4.79 Å². The number of para-hydroxylation sites is 1. The number of methoxy groups -OCH3 is 3. The summed E-state index contributed by atoms with van der Waals surface area (Å²) in [6.45, 7) is 0.438. The summed E-state index contributed by atoms with van der Waals surface area (Å²) in [5.41, 5.74) is 1.86. The fourth-order valence-corrected chi connectivity index (χ4v) is 4.80. The lowest BCUT2D eigenvalue weighted by molar-refractivity contribution is 0.0579. The molecule has 0 bridgehead atoms. The van der Waals surface area contributed by atoms with Gasteiger partial charge in [0, 0.05) is 11.9 Å². The van der Waals surface area contributed by atoms with Gasteiger partial charge in [0.15, 0.2) is 11.5 Å². The molecule has 200 valence electrons. The molecule has 0 aliphatic carbocycles. The highest BCUT2D eigenvalue weighted by molar-refractivity contribution is 5.97. The van der Waals surface area contributed by atoms with Gasteiger partial charge in [-0.1, -0.05) is 18.2 Å². The summed E-state index contributed by atoms with van der Waals surface area (Å²) in [6.07, 6.45) is 0.546. The minimum absolute atomic E-state index is 0.0509. The van der Waals surface area contributed by atoms with Crippen LogP contribution in [-0.4, -0.2) is 51.3 Å². The van der Waals surface area contributed by atoms with Crippen molar-refractivity contribution in [1.82, 2.24) is 4.90 Å². The van der Waals surface area contributed by atoms with Gasteiger partial charge in [0.05, 0.1) is 32.9 Å². The summed E-state index contributed by atoms with van der Waals surface area (Å²) in [5, 5.41) is 0.655. The molecule has 39 heavy (non-hydrogen) atoms. The standard InChI is InChI=1S/C30H27NO8/c1-35-26-15-19-12-13-31(28(32)23-14-20-6-4-5-7-25(20)39-30(23)34)24(22(19)16-27(26)36-2)17-38-21-10-8-18(9-11-21)29(33)37-3/h4-11,14-16,24H,12-13,17H2,1-3H3/t24-/m0/s1. The maximum atomic E-state index is 13.8. The molecule has 1 amide bonds. The number of fused-ring (bicyclic) bond motifs is 2. The third-order valence-electron chi connectivity index (χ3n) is 6.82. The Morgan fingerprint density at radius 3 is 2.38 bits per heavy atom. The van der Waals surface area contributed by atoms with E-state index in [2.05, 4.69) is 0 Å². The van der Waals surface area contributed by atoms with Crippen molar-refractivity contribution in [2.24, 2.45) is 0 Å². The molecule has 1 aliphatic heterocycles. The number of nitrogens with zero attached hydrogens (tertiary/aromatic N) is 1. The zero-order chi connectivity index (χ0) is 27.5. The molecule has 1 aliphatic rings. The smallest absolute Gasteiger partial charge is 0.349 e. The van der Waals surface area contributed by atoms with Crippen LogP contribution < -0.4 is 19.8 Å². The summed E-state index contributed by atoms with van der Waals surface area (Å²) in [7, 11) is 4.43. The Kier molecular flexibility index (Phi) is 7.23. The Labute approximate surface area is 224 Å². The molecule has 9 nitrogen and oxygen atoms in total. The van der Waals surface area contributed by atoms with E-state index in [1.54, 1.807) is 67.7 Å². The first-order valence-electron chi connectivity index (χ1n) is 12.3. The minimum Gasteiger partial charge on any atom is -0.493 e. The molecule has 3 aromatic carbocycles. The molecule has 0 fully saturated rings. The van der Waals surface area contributed by atoms with E-state index < -0.39 is 23.5 Å². The number of hydrogen-bond donors (Lipinski definition) is 0. The first-order valence-corrected chi connectivity index (χ1v) is 12.3. The molecule has 4 aromatic rings. The number of ether oxygens (including phenoxy) is 4. The molecule has 5 rings (SSSR count). The maximum absolute atomic E-state index is 13.8. The Bertz CT molecular complexity index is 1590. The van der Waals surface area contributed by atoms with E-state index in [9.17, 15) is 14.4 Å². The van der Waals surface area contributed by atoms with E-state index in [-0.39, 0.29) is 12.2 Å². The monoisotopic (exact) mass is 529 g/mol. The van der Waals surface area contributed by atoms with Crippen LogP contribution in [0, 0.1) is 0 Å². The molecule has 1 aromatic heterocycles. The third kappa shape index (κ3) is 5.03. The number of carbonyl (C=O) groups is 2. The molecule has 2 heterocycles. The topological polar surface area (TPSA) is 105 Å². The van der Waals surface area contributed by atoms with Crippen molar-refractivity contribution in [3.8, 4) is 17.2 Å². The van der Waals surface area contributed by atoms with Crippen LogP contribution >= 0.6 is 0 Å². The lowest BCUT2D eigenvalue weighted by atomic mass is 9.91. The predicted molar refractivity (Wildman–Crippen MR) is 143 cm³/mol. The van der Waals surface area contributed by atoms with Crippen LogP contribution in [0.15, 0.2) is 75.9 Å². The van der Waals surface area contributed by atoms with Gasteiger partial charge in [-0.25, -0.2) is 9.59 Å². The van der Waals surface area contributed by atoms with Crippen molar-refractivity contribution in [3.05, 3.63) is 99.4 Å². The first-order chi connectivity index (χ1) is 18.9. The van der Waals surface area contributed by atoms with Gasteiger partial charge in [-0.15, -0.1) is 0 Å². The molecule has 0 saturated carbocycles. The van der Waals surface area contributed by atoms with Gasteiger partial charge in [-0.05, 0) is 66.1 Å². The molecule has 9 heteroatoms. The van der Waals surface area contributed by atoms with Crippen LogP contribution in [0.2, 0.25) is 0 Å². The van der Waals surface area contributed by atoms with Crippen LogP contribution in [0.5, 0.6) is 17.2 Å². The highest BCUT2D eigenvalue weighted by atomic mass is 16.5. The fourth-order valence-electron chi connectivity index (χ4n) is 4.80. The highest BCUT2D eigenvalue weighted by Gasteiger charge is 2.34. The summed E-state index contributed by atoms with van der Waals surface area (Å²) in [4.78, 5) is 40.1. The zero-order valence-electron chi connectivity index (χ0n) is 21.8. The van der Waals surface area contributed by atoms with Gasteiger partial charge in [0.1, 0.15) is 23.5 Å². The Morgan fingerprint density at radius 1 is 0.949 bits per heavy atom. The molecule has 0 spiro atoms. The molecular weight excluding hydrogens is 502 g/mol. The Morgan fingerprint density at radius 2 is 1.67 bits per heavy atom. The number of carbonyl (C=O) groups excluding carboxylic acids is 2. The van der Waals surface area contributed by atoms with Crippen molar-refractivity contribution in [1.29, 1.82) is 0 Å². The van der Waals surface area contributed by atoms with Crippen molar-refractivity contribution >= 4 is 22.8 Å². The Hall–Kier alpha value is -4.79. The van der Waals surface area contributed by atoms with Gasteiger partial charge in [0.2, 0.25) is 0 Å². The van der Waals surface area contributed by atoms with E-state index in [0.29, 0.717) is 46.7 Å². The van der Waals surface area contributed by atoms with Crippen molar-refractivity contribution in [2.75, 3.05) is 34.5 Å². The number of benzene rings is 3. The number of amides is 1. The lowest BCUT2D eigenvalue weighted by Gasteiger charge is -2.37. The number of rotatable bonds is 7. The summed E-state index contributed by atoms with van der Waals surface area (Å²) in [5.74, 6) is 0.708. The van der Waals surface area contributed by atoms with Gasteiger partial charge < -0.3 is 28.3 Å². The second kappa shape index (κ2) is 10.9. The van der Waals surface area contributed by atoms with Crippen LogP contribution in [0.4, 0.5) is 0 Å². The molecule has 1 atom stereocenters. The quantitative estimate of drug-likeness (QED) is 0.256. The Balaban J connectivity index is 1.51. The largest absolute Gasteiger partial charge is 0.493 e.